The lowest BCUT2D eigenvalue weighted by Crippen LogP contribution is -2.26. The minimum Gasteiger partial charge on any atom is -0.481 e. The van der Waals surface area contributed by atoms with Crippen LogP contribution >= 0.6 is 11.6 Å². The predicted octanol–water partition coefficient (Wildman–Crippen LogP) is 2.31. The number of rotatable bonds is 5. The lowest BCUT2D eigenvalue weighted by molar-refractivity contribution is -0.137. The first-order chi connectivity index (χ1) is 8.04. The standard InChI is InChI=1S/C12H13ClN2O2/c1-15(7-6-12(16)17)11(8-14)9-2-4-10(13)5-3-9/h2-5,11H,6-7H2,1H3,(H,16,17). The molecule has 0 aromatic heterocycles. The maximum atomic E-state index is 10.5. The van der Waals surface area contributed by atoms with Crippen LogP contribution in [0.4, 0.5) is 0 Å². The summed E-state index contributed by atoms with van der Waals surface area (Å²) in [6, 6.07) is 8.67. The monoisotopic (exact) mass is 252 g/mol. The molecule has 0 heterocycles. The lowest BCUT2D eigenvalue weighted by atomic mass is 10.1. The molecular formula is C12H13ClN2O2. The van der Waals surface area contributed by atoms with Crippen molar-refractivity contribution in [3.63, 3.8) is 0 Å². The number of hydrogen-bond acceptors (Lipinski definition) is 3. The van der Waals surface area contributed by atoms with E-state index in [2.05, 4.69) is 6.07 Å². The van der Waals surface area contributed by atoms with Crippen LogP contribution in [0.3, 0.4) is 0 Å². The van der Waals surface area contributed by atoms with Crippen molar-refractivity contribution >= 4 is 17.6 Å². The van der Waals surface area contributed by atoms with Gasteiger partial charge in [0.15, 0.2) is 0 Å². The van der Waals surface area contributed by atoms with Crippen LogP contribution < -0.4 is 0 Å². The first-order valence-electron chi connectivity index (χ1n) is 5.11. The molecule has 1 atom stereocenters. The van der Waals surface area contributed by atoms with Crippen LogP contribution in [-0.2, 0) is 4.79 Å². The van der Waals surface area contributed by atoms with Crippen LogP contribution in [0.1, 0.15) is 18.0 Å². The number of carboxylic acid groups (broad SMARTS) is 1. The smallest absolute Gasteiger partial charge is 0.304 e. The topological polar surface area (TPSA) is 64.3 Å². The number of hydrogen-bond donors (Lipinski definition) is 1. The fraction of sp³-hybridized carbons (Fsp3) is 0.333. The van der Waals surface area contributed by atoms with Crippen LogP contribution in [-0.4, -0.2) is 29.6 Å². The van der Waals surface area contributed by atoms with E-state index in [0.717, 1.165) is 5.56 Å². The van der Waals surface area contributed by atoms with Gasteiger partial charge in [-0.15, -0.1) is 0 Å². The summed E-state index contributed by atoms with van der Waals surface area (Å²) in [6.45, 7) is 0.330. The Morgan fingerprint density at radius 2 is 2.12 bits per heavy atom. The number of halogens is 1. The van der Waals surface area contributed by atoms with E-state index in [-0.39, 0.29) is 6.42 Å². The summed E-state index contributed by atoms with van der Waals surface area (Å²) >= 11 is 5.77. The maximum Gasteiger partial charge on any atom is 0.304 e. The number of carbonyl (C=O) groups is 1. The Bertz CT molecular complexity index is 425. The number of carboxylic acids is 1. The van der Waals surface area contributed by atoms with Crippen molar-refractivity contribution in [3.8, 4) is 6.07 Å². The highest BCUT2D eigenvalue weighted by Gasteiger charge is 2.16. The molecule has 0 aliphatic heterocycles. The summed E-state index contributed by atoms with van der Waals surface area (Å²) in [4.78, 5) is 12.2. The second-order valence-corrected chi connectivity index (χ2v) is 4.14. The van der Waals surface area contributed by atoms with Crippen molar-refractivity contribution in [1.82, 2.24) is 4.90 Å². The van der Waals surface area contributed by atoms with Gasteiger partial charge < -0.3 is 5.11 Å². The quantitative estimate of drug-likeness (QED) is 0.873. The zero-order chi connectivity index (χ0) is 12.8. The molecule has 0 saturated heterocycles. The molecule has 0 spiro atoms. The zero-order valence-corrected chi connectivity index (χ0v) is 10.2. The van der Waals surface area contributed by atoms with Crippen molar-refractivity contribution in [2.45, 2.75) is 12.5 Å². The Morgan fingerprint density at radius 3 is 2.59 bits per heavy atom. The molecule has 1 unspecified atom stereocenters. The molecule has 1 N–H and O–H groups in total. The lowest BCUT2D eigenvalue weighted by Gasteiger charge is -2.21. The molecule has 0 amide bonds. The third-order valence-electron chi connectivity index (χ3n) is 2.43. The van der Waals surface area contributed by atoms with Crippen molar-refractivity contribution in [1.29, 1.82) is 5.26 Å². The molecular weight excluding hydrogens is 240 g/mol. The van der Waals surface area contributed by atoms with E-state index < -0.39 is 12.0 Å². The van der Waals surface area contributed by atoms with E-state index in [1.807, 2.05) is 0 Å². The highest BCUT2D eigenvalue weighted by Crippen LogP contribution is 2.20. The molecule has 0 fully saturated rings. The predicted molar refractivity (Wildman–Crippen MR) is 64.7 cm³/mol. The molecule has 90 valence electrons. The Morgan fingerprint density at radius 1 is 1.53 bits per heavy atom. The van der Waals surface area contributed by atoms with Crippen LogP contribution in [0, 0.1) is 11.3 Å². The van der Waals surface area contributed by atoms with E-state index in [1.165, 1.54) is 0 Å². The first-order valence-corrected chi connectivity index (χ1v) is 5.49. The molecule has 4 nitrogen and oxygen atoms in total. The fourth-order valence-corrected chi connectivity index (χ4v) is 1.60. The third kappa shape index (κ3) is 4.06. The van der Waals surface area contributed by atoms with Gasteiger partial charge in [-0.1, -0.05) is 23.7 Å². The molecule has 0 bridgehead atoms. The zero-order valence-electron chi connectivity index (χ0n) is 9.43. The van der Waals surface area contributed by atoms with Crippen LogP contribution in [0.15, 0.2) is 24.3 Å². The Kier molecular flexibility index (Phi) is 4.95. The Hall–Kier alpha value is -1.57. The van der Waals surface area contributed by atoms with Gasteiger partial charge in [0.1, 0.15) is 6.04 Å². The van der Waals surface area contributed by atoms with Crippen molar-refractivity contribution in [2.75, 3.05) is 13.6 Å². The van der Waals surface area contributed by atoms with E-state index in [9.17, 15) is 4.79 Å². The molecule has 1 rings (SSSR count). The minimum atomic E-state index is -0.871. The summed E-state index contributed by atoms with van der Waals surface area (Å²) in [6.07, 6.45) is 0.0161. The van der Waals surface area contributed by atoms with E-state index in [1.54, 1.807) is 36.2 Å². The molecule has 0 aliphatic rings. The highest BCUT2D eigenvalue weighted by atomic mass is 35.5. The number of aliphatic carboxylic acids is 1. The van der Waals surface area contributed by atoms with Gasteiger partial charge in [0.2, 0.25) is 0 Å². The first kappa shape index (κ1) is 13.5. The molecule has 5 heteroatoms. The minimum absolute atomic E-state index is 0.0161. The molecule has 0 radical (unpaired) electrons. The number of nitrogens with zero attached hydrogens (tertiary/aromatic N) is 2. The molecule has 0 aliphatic carbocycles. The van der Waals surface area contributed by atoms with Gasteiger partial charge >= 0.3 is 5.97 Å². The van der Waals surface area contributed by atoms with Crippen LogP contribution in [0.25, 0.3) is 0 Å². The van der Waals surface area contributed by atoms with Gasteiger partial charge in [-0.3, -0.25) is 9.69 Å². The molecule has 1 aromatic carbocycles. The summed E-state index contributed by atoms with van der Waals surface area (Å²) in [5.41, 5.74) is 0.810. The van der Waals surface area contributed by atoms with Gasteiger partial charge in [0.05, 0.1) is 12.5 Å². The van der Waals surface area contributed by atoms with Crippen LogP contribution in [0.5, 0.6) is 0 Å². The normalized spacial score (nSPS) is 12.1. The van der Waals surface area contributed by atoms with Gasteiger partial charge in [0.25, 0.3) is 0 Å². The van der Waals surface area contributed by atoms with Crippen molar-refractivity contribution in [2.24, 2.45) is 0 Å². The van der Waals surface area contributed by atoms with Gasteiger partial charge in [0, 0.05) is 11.6 Å². The average molecular weight is 253 g/mol. The van der Waals surface area contributed by atoms with Crippen molar-refractivity contribution < 1.29 is 9.90 Å². The van der Waals surface area contributed by atoms with Gasteiger partial charge in [-0.25, -0.2) is 0 Å². The summed E-state index contributed by atoms with van der Waals surface area (Å²) in [5.74, 6) is -0.871. The average Bonchev–Trinajstić information content (AvgIpc) is 2.30. The third-order valence-corrected chi connectivity index (χ3v) is 2.68. The number of nitriles is 1. The molecule has 0 saturated carbocycles. The molecule has 1 aromatic rings. The highest BCUT2D eigenvalue weighted by molar-refractivity contribution is 6.30. The maximum absolute atomic E-state index is 10.5. The van der Waals surface area contributed by atoms with Gasteiger partial charge in [-0.2, -0.15) is 5.26 Å². The van der Waals surface area contributed by atoms with Crippen LogP contribution in [0.2, 0.25) is 5.02 Å². The Labute approximate surface area is 105 Å². The SMILES string of the molecule is CN(CCC(=O)O)C(C#N)c1ccc(Cl)cc1. The van der Waals surface area contributed by atoms with Gasteiger partial charge in [-0.05, 0) is 24.7 Å². The summed E-state index contributed by atoms with van der Waals surface area (Å²) in [5, 5.41) is 18.3. The second kappa shape index (κ2) is 6.24. The molecule has 17 heavy (non-hydrogen) atoms. The van der Waals surface area contributed by atoms with E-state index >= 15 is 0 Å². The van der Waals surface area contributed by atoms with E-state index in [4.69, 9.17) is 22.0 Å². The Balaban J connectivity index is 2.74. The summed E-state index contributed by atoms with van der Waals surface area (Å²) in [7, 11) is 1.73. The number of benzene rings is 1. The summed E-state index contributed by atoms with van der Waals surface area (Å²) < 4.78 is 0. The fourth-order valence-electron chi connectivity index (χ4n) is 1.47. The van der Waals surface area contributed by atoms with E-state index in [0.29, 0.717) is 11.6 Å². The largest absolute Gasteiger partial charge is 0.481 e. The van der Waals surface area contributed by atoms with Crippen molar-refractivity contribution in [3.05, 3.63) is 34.9 Å². The second-order valence-electron chi connectivity index (χ2n) is 3.71.